The van der Waals surface area contributed by atoms with E-state index in [0.29, 0.717) is 0 Å². The van der Waals surface area contributed by atoms with Crippen molar-refractivity contribution in [3.63, 3.8) is 0 Å². The molecule has 90 valence electrons. The van der Waals surface area contributed by atoms with Crippen LogP contribution in [0, 0.1) is 0 Å². The topological polar surface area (TPSA) is 125 Å². The second kappa shape index (κ2) is 5.71. The molecule has 0 aromatic rings. The summed E-state index contributed by atoms with van der Waals surface area (Å²) in [7, 11) is 0. The summed E-state index contributed by atoms with van der Waals surface area (Å²) < 4.78 is 10.1. The zero-order chi connectivity index (χ0) is 11.4. The minimum absolute atomic E-state index is 0.155. The summed E-state index contributed by atoms with van der Waals surface area (Å²) in [5, 5.41) is 37.1. The van der Waals surface area contributed by atoms with Crippen molar-refractivity contribution in [2.45, 2.75) is 30.7 Å². The van der Waals surface area contributed by atoms with Crippen molar-refractivity contribution in [3.05, 3.63) is 0 Å². The van der Waals surface area contributed by atoms with Gasteiger partial charge in [0, 0.05) is 6.54 Å². The van der Waals surface area contributed by atoms with Gasteiger partial charge in [0.1, 0.15) is 24.4 Å². The summed E-state index contributed by atoms with van der Waals surface area (Å²) in [5.41, 5.74) is 5.20. The van der Waals surface area contributed by atoms with Crippen molar-refractivity contribution in [1.82, 2.24) is 0 Å². The van der Waals surface area contributed by atoms with E-state index in [4.69, 9.17) is 20.3 Å². The van der Waals surface area contributed by atoms with Gasteiger partial charge in [0.15, 0.2) is 6.29 Å². The first-order valence-electron chi connectivity index (χ1n) is 4.74. The smallest absolute Gasteiger partial charge is 0.186 e. The maximum atomic E-state index is 9.47. The van der Waals surface area contributed by atoms with Gasteiger partial charge in [-0.15, -0.1) is 0 Å². The van der Waals surface area contributed by atoms with E-state index in [2.05, 4.69) is 0 Å². The molecule has 0 amide bonds. The zero-order valence-electron chi connectivity index (χ0n) is 8.19. The third-order valence-corrected chi connectivity index (χ3v) is 2.25. The lowest BCUT2D eigenvalue weighted by Gasteiger charge is -2.39. The molecule has 0 saturated carbocycles. The van der Waals surface area contributed by atoms with Gasteiger partial charge in [0.05, 0.1) is 13.2 Å². The molecule has 1 aliphatic heterocycles. The number of rotatable bonds is 4. The van der Waals surface area contributed by atoms with Gasteiger partial charge in [0.25, 0.3) is 0 Å². The van der Waals surface area contributed by atoms with Gasteiger partial charge in [-0.3, -0.25) is 0 Å². The molecule has 1 fully saturated rings. The van der Waals surface area contributed by atoms with Crippen molar-refractivity contribution in [1.29, 1.82) is 0 Å². The zero-order valence-corrected chi connectivity index (χ0v) is 8.19. The van der Waals surface area contributed by atoms with E-state index in [0.717, 1.165) is 0 Å². The van der Waals surface area contributed by atoms with Gasteiger partial charge in [-0.05, 0) is 0 Å². The average Bonchev–Trinajstić information content (AvgIpc) is 2.25. The van der Waals surface area contributed by atoms with E-state index >= 15 is 0 Å². The highest BCUT2D eigenvalue weighted by Gasteiger charge is 2.43. The molecule has 7 heteroatoms. The van der Waals surface area contributed by atoms with E-state index in [1.165, 1.54) is 0 Å². The van der Waals surface area contributed by atoms with Crippen LogP contribution in [0.1, 0.15) is 0 Å². The summed E-state index contributed by atoms with van der Waals surface area (Å²) in [4.78, 5) is 0. The average molecular weight is 223 g/mol. The Hall–Kier alpha value is -0.280. The van der Waals surface area contributed by atoms with E-state index in [1.807, 2.05) is 0 Å². The fourth-order valence-electron chi connectivity index (χ4n) is 1.39. The Labute approximate surface area is 87.0 Å². The molecule has 0 radical (unpaired) electrons. The molecule has 7 nitrogen and oxygen atoms in total. The van der Waals surface area contributed by atoms with Gasteiger partial charge < -0.3 is 35.6 Å². The Balaban J connectivity index is 2.57. The van der Waals surface area contributed by atoms with Crippen molar-refractivity contribution in [3.8, 4) is 0 Å². The molecule has 6 N–H and O–H groups in total. The standard InChI is InChI=1S/C8H17NO6/c9-1-2-14-8-7(13)6(12)5(11)4(3-10)15-8/h4-8,10-13H,1-3,9H2/t4?,5-,6+,7?,8-/m1/s1. The Morgan fingerprint density at radius 3 is 2.33 bits per heavy atom. The Morgan fingerprint density at radius 1 is 1.13 bits per heavy atom. The Kier molecular flexibility index (Phi) is 4.87. The van der Waals surface area contributed by atoms with E-state index < -0.39 is 37.3 Å². The van der Waals surface area contributed by atoms with Crippen LogP contribution in [-0.2, 0) is 9.47 Å². The molecule has 1 saturated heterocycles. The van der Waals surface area contributed by atoms with Crippen LogP contribution in [0.3, 0.4) is 0 Å². The maximum Gasteiger partial charge on any atom is 0.186 e. The largest absolute Gasteiger partial charge is 0.394 e. The SMILES string of the molecule is NCCO[C@@H]1OC(CO)[C@@H](O)[C@H](O)C1O. The maximum absolute atomic E-state index is 9.47. The van der Waals surface area contributed by atoms with Crippen molar-refractivity contribution in [2.75, 3.05) is 19.8 Å². The number of hydrogen-bond donors (Lipinski definition) is 5. The quantitative estimate of drug-likeness (QED) is 0.339. The third kappa shape index (κ3) is 2.85. The van der Waals surface area contributed by atoms with Crippen molar-refractivity contribution >= 4 is 0 Å². The van der Waals surface area contributed by atoms with Gasteiger partial charge >= 0.3 is 0 Å². The van der Waals surface area contributed by atoms with Crippen LogP contribution in [-0.4, -0.2) is 70.9 Å². The predicted molar refractivity (Wildman–Crippen MR) is 48.8 cm³/mol. The highest BCUT2D eigenvalue weighted by atomic mass is 16.7. The number of aliphatic hydroxyl groups excluding tert-OH is 4. The summed E-state index contributed by atoms with van der Waals surface area (Å²) in [6.07, 6.45) is -6.13. The molecular weight excluding hydrogens is 206 g/mol. The van der Waals surface area contributed by atoms with Crippen LogP contribution in [0.2, 0.25) is 0 Å². The molecule has 15 heavy (non-hydrogen) atoms. The Morgan fingerprint density at radius 2 is 1.80 bits per heavy atom. The summed E-state index contributed by atoms with van der Waals surface area (Å²) in [6.45, 7) is -0.0643. The molecule has 0 aliphatic carbocycles. The van der Waals surface area contributed by atoms with Gasteiger partial charge in [-0.2, -0.15) is 0 Å². The molecule has 5 atom stereocenters. The van der Waals surface area contributed by atoms with Crippen LogP contribution < -0.4 is 5.73 Å². The first kappa shape index (κ1) is 12.8. The van der Waals surface area contributed by atoms with Crippen molar-refractivity contribution in [2.24, 2.45) is 5.73 Å². The number of nitrogens with two attached hydrogens (primary N) is 1. The molecule has 1 aliphatic rings. The Bertz CT molecular complexity index is 190. The minimum atomic E-state index is -1.40. The van der Waals surface area contributed by atoms with E-state index in [-0.39, 0.29) is 13.2 Å². The van der Waals surface area contributed by atoms with E-state index in [1.54, 1.807) is 0 Å². The summed E-state index contributed by atoms with van der Waals surface area (Å²) in [5.74, 6) is 0. The van der Waals surface area contributed by atoms with Gasteiger partial charge in [0.2, 0.25) is 0 Å². The fourth-order valence-corrected chi connectivity index (χ4v) is 1.39. The number of hydrogen-bond acceptors (Lipinski definition) is 7. The van der Waals surface area contributed by atoms with Gasteiger partial charge in [-0.1, -0.05) is 0 Å². The lowest BCUT2D eigenvalue weighted by molar-refractivity contribution is -0.300. The first-order chi connectivity index (χ1) is 7.11. The van der Waals surface area contributed by atoms with Crippen LogP contribution in [0.15, 0.2) is 0 Å². The molecular formula is C8H17NO6. The number of ether oxygens (including phenoxy) is 2. The molecule has 1 heterocycles. The van der Waals surface area contributed by atoms with Gasteiger partial charge in [-0.25, -0.2) is 0 Å². The van der Waals surface area contributed by atoms with Crippen LogP contribution in [0.25, 0.3) is 0 Å². The molecule has 0 spiro atoms. The lowest BCUT2D eigenvalue weighted by atomic mass is 9.99. The van der Waals surface area contributed by atoms with Crippen LogP contribution in [0.5, 0.6) is 0 Å². The fraction of sp³-hybridized carbons (Fsp3) is 1.00. The number of aliphatic hydroxyl groups is 4. The lowest BCUT2D eigenvalue weighted by Crippen LogP contribution is -2.59. The molecule has 2 unspecified atom stereocenters. The van der Waals surface area contributed by atoms with Crippen LogP contribution in [0.4, 0.5) is 0 Å². The summed E-state index contributed by atoms with van der Waals surface area (Å²) >= 11 is 0. The second-order valence-electron chi connectivity index (χ2n) is 3.36. The third-order valence-electron chi connectivity index (χ3n) is 2.25. The van der Waals surface area contributed by atoms with Crippen LogP contribution >= 0.6 is 0 Å². The summed E-state index contributed by atoms with van der Waals surface area (Å²) in [6, 6.07) is 0. The molecule has 1 rings (SSSR count). The first-order valence-corrected chi connectivity index (χ1v) is 4.74. The van der Waals surface area contributed by atoms with Crippen molar-refractivity contribution < 1.29 is 29.9 Å². The highest BCUT2D eigenvalue weighted by molar-refractivity contribution is 4.88. The van der Waals surface area contributed by atoms with E-state index in [9.17, 15) is 15.3 Å². The normalized spacial score (nSPS) is 41.8. The molecule has 0 aromatic carbocycles. The predicted octanol–water partition coefficient (Wildman–Crippen LogP) is -3.24. The monoisotopic (exact) mass is 223 g/mol. The molecule has 0 aromatic heterocycles. The molecule has 0 bridgehead atoms. The minimum Gasteiger partial charge on any atom is -0.394 e. The second-order valence-corrected chi connectivity index (χ2v) is 3.36. The highest BCUT2D eigenvalue weighted by Crippen LogP contribution is 2.21.